The molecule has 0 bridgehead atoms. The van der Waals surface area contributed by atoms with Crippen LogP contribution in [-0.4, -0.2) is 22.8 Å². The van der Waals surface area contributed by atoms with Crippen molar-refractivity contribution >= 4 is 11.8 Å². The zero-order valence-electron chi connectivity index (χ0n) is 14.3. The predicted octanol–water partition coefficient (Wildman–Crippen LogP) is 2.42. The van der Waals surface area contributed by atoms with E-state index in [0.717, 1.165) is 31.2 Å². The maximum absolute atomic E-state index is 12.0. The summed E-state index contributed by atoms with van der Waals surface area (Å²) in [6.45, 7) is 7.14. The molecule has 126 valence electrons. The molecule has 2 rings (SSSR count). The van der Waals surface area contributed by atoms with E-state index < -0.39 is 11.8 Å². The summed E-state index contributed by atoms with van der Waals surface area (Å²) in [6, 6.07) is 3.74. The van der Waals surface area contributed by atoms with Gasteiger partial charge in [0.2, 0.25) is 0 Å². The van der Waals surface area contributed by atoms with Crippen LogP contribution in [0.1, 0.15) is 52.0 Å². The summed E-state index contributed by atoms with van der Waals surface area (Å²) in [7, 11) is 0. The van der Waals surface area contributed by atoms with Gasteiger partial charge in [-0.25, -0.2) is 0 Å². The number of rotatable bonds is 3. The minimum atomic E-state index is -0.570. The molecule has 0 aromatic carbocycles. The highest BCUT2D eigenvalue weighted by atomic mass is 16.2. The van der Waals surface area contributed by atoms with Gasteiger partial charge in [0.25, 0.3) is 0 Å². The van der Waals surface area contributed by atoms with Crippen molar-refractivity contribution in [3.63, 3.8) is 0 Å². The van der Waals surface area contributed by atoms with Gasteiger partial charge in [-0.15, -0.1) is 0 Å². The third-order valence-electron chi connectivity index (χ3n) is 4.70. The predicted molar refractivity (Wildman–Crippen MR) is 89.4 cm³/mol. The van der Waals surface area contributed by atoms with Crippen molar-refractivity contribution in [2.45, 2.75) is 59.0 Å². The molecular formula is C18H27N3O2. The van der Waals surface area contributed by atoms with Crippen LogP contribution in [0.15, 0.2) is 24.5 Å². The van der Waals surface area contributed by atoms with E-state index in [1.54, 1.807) is 12.4 Å². The van der Waals surface area contributed by atoms with Gasteiger partial charge in [0, 0.05) is 25.0 Å². The highest BCUT2D eigenvalue weighted by Crippen LogP contribution is 2.37. The van der Waals surface area contributed by atoms with Crippen LogP contribution in [0.25, 0.3) is 0 Å². The largest absolute Gasteiger partial charge is 0.345 e. The Morgan fingerprint density at radius 2 is 1.70 bits per heavy atom. The molecule has 2 amide bonds. The first-order chi connectivity index (χ1) is 10.9. The van der Waals surface area contributed by atoms with Crippen LogP contribution in [0.3, 0.4) is 0 Å². The molecule has 1 fully saturated rings. The van der Waals surface area contributed by atoms with E-state index in [9.17, 15) is 9.59 Å². The lowest BCUT2D eigenvalue weighted by atomic mass is 9.71. The third-order valence-corrected chi connectivity index (χ3v) is 4.70. The average Bonchev–Trinajstić information content (AvgIpc) is 2.53. The topological polar surface area (TPSA) is 71.1 Å². The Balaban J connectivity index is 1.73. The summed E-state index contributed by atoms with van der Waals surface area (Å²) < 4.78 is 0. The summed E-state index contributed by atoms with van der Waals surface area (Å²) >= 11 is 0. The second kappa shape index (κ2) is 7.57. The normalized spacial score (nSPS) is 21.5. The molecule has 23 heavy (non-hydrogen) atoms. The van der Waals surface area contributed by atoms with Gasteiger partial charge < -0.3 is 10.6 Å². The first kappa shape index (κ1) is 17.4. The molecule has 0 spiro atoms. The molecule has 0 saturated heterocycles. The molecule has 1 saturated carbocycles. The van der Waals surface area contributed by atoms with E-state index in [2.05, 4.69) is 36.4 Å². The Kier molecular flexibility index (Phi) is 5.74. The van der Waals surface area contributed by atoms with Crippen LogP contribution in [0.2, 0.25) is 0 Å². The summed E-state index contributed by atoms with van der Waals surface area (Å²) in [5.74, 6) is -0.408. The molecule has 0 atom stereocenters. The van der Waals surface area contributed by atoms with Crippen LogP contribution in [-0.2, 0) is 16.1 Å². The quantitative estimate of drug-likeness (QED) is 0.841. The summed E-state index contributed by atoms with van der Waals surface area (Å²) in [4.78, 5) is 27.8. The molecule has 1 heterocycles. The molecule has 5 nitrogen and oxygen atoms in total. The molecule has 1 aromatic rings. The second-order valence-electron chi connectivity index (χ2n) is 7.43. The van der Waals surface area contributed by atoms with Gasteiger partial charge in [-0.2, -0.15) is 0 Å². The van der Waals surface area contributed by atoms with Gasteiger partial charge >= 0.3 is 11.8 Å². The minimum absolute atomic E-state index is 0.118. The number of hydrogen-bond donors (Lipinski definition) is 2. The number of aromatic nitrogens is 1. The summed E-state index contributed by atoms with van der Waals surface area (Å²) in [5, 5.41) is 5.51. The lowest BCUT2D eigenvalue weighted by Crippen LogP contribution is -2.46. The minimum Gasteiger partial charge on any atom is -0.345 e. The summed E-state index contributed by atoms with van der Waals surface area (Å²) in [6.07, 6.45) is 7.43. The molecule has 2 N–H and O–H groups in total. The number of carbonyl (C=O) groups is 2. The van der Waals surface area contributed by atoms with E-state index in [4.69, 9.17) is 0 Å². The van der Waals surface area contributed by atoms with E-state index in [0.29, 0.717) is 17.9 Å². The van der Waals surface area contributed by atoms with Crippen molar-refractivity contribution in [1.82, 2.24) is 15.6 Å². The molecule has 0 unspecified atom stereocenters. The van der Waals surface area contributed by atoms with Crippen LogP contribution in [0.5, 0.6) is 0 Å². The second-order valence-corrected chi connectivity index (χ2v) is 7.43. The Bertz CT molecular complexity index is 529. The molecule has 1 aliphatic rings. The third kappa shape index (κ3) is 5.34. The molecule has 1 aromatic heterocycles. The Morgan fingerprint density at radius 3 is 2.26 bits per heavy atom. The first-order valence-electron chi connectivity index (χ1n) is 8.34. The van der Waals surface area contributed by atoms with Crippen LogP contribution >= 0.6 is 0 Å². The fourth-order valence-corrected chi connectivity index (χ4v) is 3.12. The van der Waals surface area contributed by atoms with Crippen molar-refractivity contribution in [2.75, 3.05) is 0 Å². The van der Waals surface area contributed by atoms with Crippen molar-refractivity contribution < 1.29 is 9.59 Å². The van der Waals surface area contributed by atoms with Crippen molar-refractivity contribution in [3.05, 3.63) is 30.1 Å². The number of carbonyl (C=O) groups excluding carboxylic acids is 2. The van der Waals surface area contributed by atoms with Crippen LogP contribution in [0.4, 0.5) is 0 Å². The number of pyridine rings is 1. The van der Waals surface area contributed by atoms with Gasteiger partial charge in [-0.1, -0.05) is 20.8 Å². The number of nitrogens with one attached hydrogen (secondary N) is 2. The van der Waals surface area contributed by atoms with Crippen LogP contribution < -0.4 is 10.6 Å². The number of nitrogens with zero attached hydrogens (tertiary/aromatic N) is 1. The van der Waals surface area contributed by atoms with Gasteiger partial charge in [-0.3, -0.25) is 14.6 Å². The van der Waals surface area contributed by atoms with Gasteiger partial charge in [0.05, 0.1) is 0 Å². The zero-order chi connectivity index (χ0) is 16.9. The Morgan fingerprint density at radius 1 is 1.09 bits per heavy atom. The zero-order valence-corrected chi connectivity index (χ0v) is 14.3. The maximum atomic E-state index is 12.0. The molecule has 1 aliphatic carbocycles. The lowest BCUT2D eigenvalue weighted by Gasteiger charge is -2.37. The standard InChI is InChI=1S/C18H27N3O2/c1-18(2,3)14-4-6-15(7-5-14)21-17(23)16(22)20-12-13-8-10-19-11-9-13/h8-11,14-15H,4-7,12H2,1-3H3,(H,20,22)(H,21,23). The molecule has 5 heteroatoms. The Labute approximate surface area is 138 Å². The van der Waals surface area contributed by atoms with Crippen LogP contribution in [0, 0.1) is 11.3 Å². The van der Waals surface area contributed by atoms with E-state index in [1.165, 1.54) is 0 Å². The SMILES string of the molecule is CC(C)(C)C1CCC(NC(=O)C(=O)NCc2ccncc2)CC1. The monoisotopic (exact) mass is 317 g/mol. The lowest BCUT2D eigenvalue weighted by molar-refractivity contribution is -0.139. The Hall–Kier alpha value is -1.91. The van der Waals surface area contributed by atoms with Crippen molar-refractivity contribution in [3.8, 4) is 0 Å². The highest BCUT2D eigenvalue weighted by Gasteiger charge is 2.30. The van der Waals surface area contributed by atoms with E-state index in [-0.39, 0.29) is 6.04 Å². The van der Waals surface area contributed by atoms with E-state index >= 15 is 0 Å². The molecule has 0 aliphatic heterocycles. The van der Waals surface area contributed by atoms with Gasteiger partial charge in [0.15, 0.2) is 0 Å². The van der Waals surface area contributed by atoms with Gasteiger partial charge in [-0.05, 0) is 54.7 Å². The fraction of sp³-hybridized carbons (Fsp3) is 0.611. The van der Waals surface area contributed by atoms with E-state index in [1.807, 2.05) is 12.1 Å². The smallest absolute Gasteiger partial charge is 0.309 e. The maximum Gasteiger partial charge on any atom is 0.309 e. The molecule has 0 radical (unpaired) electrons. The fourth-order valence-electron chi connectivity index (χ4n) is 3.12. The van der Waals surface area contributed by atoms with Crippen molar-refractivity contribution in [1.29, 1.82) is 0 Å². The summed E-state index contributed by atoms with van der Waals surface area (Å²) in [5.41, 5.74) is 1.24. The highest BCUT2D eigenvalue weighted by molar-refractivity contribution is 6.35. The number of hydrogen-bond acceptors (Lipinski definition) is 3. The average molecular weight is 317 g/mol. The van der Waals surface area contributed by atoms with Crippen molar-refractivity contribution in [2.24, 2.45) is 11.3 Å². The number of amides is 2. The first-order valence-corrected chi connectivity index (χ1v) is 8.34. The molecular weight excluding hydrogens is 290 g/mol. The van der Waals surface area contributed by atoms with Gasteiger partial charge in [0.1, 0.15) is 0 Å².